The van der Waals surface area contributed by atoms with Crippen LogP contribution in [0, 0.1) is 0 Å². The first kappa shape index (κ1) is 19.6. The van der Waals surface area contributed by atoms with Crippen LogP contribution in [0.2, 0.25) is 0 Å². The zero-order chi connectivity index (χ0) is 13.9. The van der Waals surface area contributed by atoms with Crippen molar-refractivity contribution in [3.63, 3.8) is 0 Å². The van der Waals surface area contributed by atoms with E-state index in [1.165, 1.54) is 0 Å². The van der Waals surface area contributed by atoms with Gasteiger partial charge in [-0.05, 0) is 26.3 Å². The molecular weight excluding hydrogens is 278 g/mol. The summed E-state index contributed by atoms with van der Waals surface area (Å²) >= 11 is 0. The van der Waals surface area contributed by atoms with E-state index in [9.17, 15) is 4.79 Å². The Labute approximate surface area is 129 Å². The number of ether oxygens (including phenoxy) is 1. The lowest BCUT2D eigenvalue weighted by Crippen LogP contribution is -2.44. The summed E-state index contributed by atoms with van der Waals surface area (Å²) in [4.78, 5) is 14.2. The molecule has 1 atom stereocenters. The molecule has 6 heteroatoms. The highest BCUT2D eigenvalue weighted by atomic mass is 35.5. The third kappa shape index (κ3) is 8.74. The lowest BCUT2D eigenvalue weighted by molar-refractivity contribution is -0.131. The first-order valence-electron chi connectivity index (χ1n) is 7.56. The third-order valence-corrected chi connectivity index (χ3v) is 3.39. The normalized spacial score (nSPS) is 17.3. The molecule has 1 rings (SSSR count). The van der Waals surface area contributed by atoms with Crippen molar-refractivity contribution in [2.24, 2.45) is 0 Å². The molecule has 1 amide bonds. The van der Waals surface area contributed by atoms with Gasteiger partial charge in [-0.2, -0.15) is 0 Å². The van der Waals surface area contributed by atoms with E-state index in [0.29, 0.717) is 6.61 Å². The predicted octanol–water partition coefficient (Wildman–Crippen LogP) is 1.02. The van der Waals surface area contributed by atoms with Crippen LogP contribution in [0.3, 0.4) is 0 Å². The highest BCUT2D eigenvalue weighted by molar-refractivity contribution is 5.85. The number of nitrogens with one attached hydrogen (secondary N) is 2. The fraction of sp³-hybridized carbons (Fsp3) is 0.929. The monoisotopic (exact) mass is 307 g/mol. The van der Waals surface area contributed by atoms with Gasteiger partial charge in [0, 0.05) is 39.3 Å². The summed E-state index contributed by atoms with van der Waals surface area (Å²) in [5, 5.41) is 6.28. The molecule has 0 aromatic heterocycles. The topological polar surface area (TPSA) is 53.6 Å². The summed E-state index contributed by atoms with van der Waals surface area (Å²) < 4.78 is 5.46. The van der Waals surface area contributed by atoms with Crippen LogP contribution in [-0.2, 0) is 9.53 Å². The Kier molecular flexibility index (Phi) is 12.2. The average Bonchev–Trinajstić information content (AvgIpc) is 2.44. The van der Waals surface area contributed by atoms with Crippen molar-refractivity contribution < 1.29 is 9.53 Å². The van der Waals surface area contributed by atoms with Crippen LogP contribution in [0.25, 0.3) is 0 Å². The molecule has 0 spiro atoms. The number of piperazine rings is 1. The molecule has 5 nitrogen and oxygen atoms in total. The van der Waals surface area contributed by atoms with E-state index in [2.05, 4.69) is 22.5 Å². The number of unbranched alkanes of at least 4 members (excludes halogenated alkanes) is 1. The van der Waals surface area contributed by atoms with Crippen LogP contribution in [0.1, 0.15) is 33.1 Å². The molecule has 1 heterocycles. The molecule has 120 valence electrons. The molecule has 1 aliphatic heterocycles. The van der Waals surface area contributed by atoms with Gasteiger partial charge in [-0.1, -0.05) is 13.3 Å². The van der Waals surface area contributed by atoms with Crippen LogP contribution in [0.15, 0.2) is 0 Å². The third-order valence-electron chi connectivity index (χ3n) is 3.39. The Hall–Kier alpha value is -0.360. The lowest BCUT2D eigenvalue weighted by atomic mass is 10.3. The van der Waals surface area contributed by atoms with E-state index in [0.717, 1.165) is 58.5 Å². The molecule has 0 bridgehead atoms. The van der Waals surface area contributed by atoms with E-state index >= 15 is 0 Å². The van der Waals surface area contributed by atoms with Crippen LogP contribution in [-0.4, -0.2) is 62.8 Å². The maximum Gasteiger partial charge on any atom is 0.248 e. The molecule has 1 aliphatic rings. The van der Waals surface area contributed by atoms with Gasteiger partial charge in [0.25, 0.3) is 0 Å². The quantitative estimate of drug-likeness (QED) is 0.625. The van der Waals surface area contributed by atoms with Gasteiger partial charge in [0.1, 0.15) is 6.10 Å². The number of halogens is 1. The second kappa shape index (κ2) is 12.4. The van der Waals surface area contributed by atoms with Crippen molar-refractivity contribution in [3.8, 4) is 0 Å². The number of hydrogen-bond donors (Lipinski definition) is 2. The first-order chi connectivity index (χ1) is 9.24. The van der Waals surface area contributed by atoms with Crippen molar-refractivity contribution in [1.82, 2.24) is 15.5 Å². The minimum absolute atomic E-state index is 0. The maximum absolute atomic E-state index is 11.7. The summed E-state index contributed by atoms with van der Waals surface area (Å²) in [6, 6.07) is 0. The smallest absolute Gasteiger partial charge is 0.248 e. The van der Waals surface area contributed by atoms with E-state index < -0.39 is 0 Å². The van der Waals surface area contributed by atoms with E-state index in [1.807, 2.05) is 6.92 Å². The van der Waals surface area contributed by atoms with Gasteiger partial charge in [-0.3, -0.25) is 4.79 Å². The molecule has 0 aromatic carbocycles. The van der Waals surface area contributed by atoms with E-state index in [1.54, 1.807) is 0 Å². The summed E-state index contributed by atoms with van der Waals surface area (Å²) in [6.07, 6.45) is 2.79. The Balaban J connectivity index is 0.00000361. The summed E-state index contributed by atoms with van der Waals surface area (Å²) in [5.74, 6) is 0.0106. The standard InChI is InChI=1S/C14H29N3O2.ClH/c1-3-4-12-19-13(2)14(18)16-6-5-9-17-10-7-15-8-11-17;/h13,15H,3-12H2,1-2H3,(H,16,18);1H. The van der Waals surface area contributed by atoms with Crippen molar-refractivity contribution in [2.75, 3.05) is 45.9 Å². The number of hydrogen-bond acceptors (Lipinski definition) is 4. The van der Waals surface area contributed by atoms with Crippen LogP contribution in [0.4, 0.5) is 0 Å². The van der Waals surface area contributed by atoms with Crippen molar-refractivity contribution in [3.05, 3.63) is 0 Å². The largest absolute Gasteiger partial charge is 0.369 e. The summed E-state index contributed by atoms with van der Waals surface area (Å²) in [7, 11) is 0. The Bertz CT molecular complexity index is 249. The lowest BCUT2D eigenvalue weighted by Gasteiger charge is -2.27. The van der Waals surface area contributed by atoms with Gasteiger partial charge in [-0.15, -0.1) is 12.4 Å². The number of nitrogens with zero attached hydrogens (tertiary/aromatic N) is 1. The second-order valence-corrected chi connectivity index (χ2v) is 5.10. The highest BCUT2D eigenvalue weighted by Gasteiger charge is 2.13. The fourth-order valence-corrected chi connectivity index (χ4v) is 2.07. The maximum atomic E-state index is 11.7. The minimum atomic E-state index is -0.328. The number of rotatable bonds is 9. The van der Waals surface area contributed by atoms with E-state index in [4.69, 9.17) is 4.74 Å². The molecule has 1 saturated heterocycles. The average molecular weight is 308 g/mol. The number of carbonyl (C=O) groups is 1. The Morgan fingerprint density at radius 1 is 1.35 bits per heavy atom. The van der Waals surface area contributed by atoms with Crippen molar-refractivity contribution in [2.45, 2.75) is 39.2 Å². The molecule has 1 fully saturated rings. The molecule has 20 heavy (non-hydrogen) atoms. The zero-order valence-corrected chi connectivity index (χ0v) is 13.6. The number of amides is 1. The molecule has 0 aromatic rings. The van der Waals surface area contributed by atoms with Gasteiger partial charge < -0.3 is 20.3 Å². The van der Waals surface area contributed by atoms with Crippen LogP contribution < -0.4 is 10.6 Å². The Morgan fingerprint density at radius 2 is 2.05 bits per heavy atom. The van der Waals surface area contributed by atoms with Crippen molar-refractivity contribution >= 4 is 18.3 Å². The summed E-state index contributed by atoms with van der Waals surface area (Å²) in [5.41, 5.74) is 0. The SMILES string of the molecule is CCCCOC(C)C(=O)NCCCN1CCNCC1.Cl. The molecule has 1 unspecified atom stereocenters. The first-order valence-corrected chi connectivity index (χ1v) is 7.56. The zero-order valence-electron chi connectivity index (χ0n) is 12.8. The van der Waals surface area contributed by atoms with Crippen molar-refractivity contribution in [1.29, 1.82) is 0 Å². The van der Waals surface area contributed by atoms with Gasteiger partial charge >= 0.3 is 0 Å². The van der Waals surface area contributed by atoms with Gasteiger partial charge in [0.15, 0.2) is 0 Å². The van der Waals surface area contributed by atoms with Gasteiger partial charge in [-0.25, -0.2) is 0 Å². The highest BCUT2D eigenvalue weighted by Crippen LogP contribution is 1.96. The molecule has 0 radical (unpaired) electrons. The van der Waals surface area contributed by atoms with Gasteiger partial charge in [0.2, 0.25) is 5.91 Å². The summed E-state index contributed by atoms with van der Waals surface area (Å²) in [6.45, 7) is 10.8. The molecule has 0 aliphatic carbocycles. The minimum Gasteiger partial charge on any atom is -0.369 e. The predicted molar refractivity (Wildman–Crippen MR) is 84.5 cm³/mol. The molecule has 2 N–H and O–H groups in total. The van der Waals surface area contributed by atoms with Gasteiger partial charge in [0.05, 0.1) is 0 Å². The second-order valence-electron chi connectivity index (χ2n) is 5.10. The Morgan fingerprint density at radius 3 is 2.70 bits per heavy atom. The number of carbonyl (C=O) groups excluding carboxylic acids is 1. The molecular formula is C14H30ClN3O2. The van der Waals surface area contributed by atoms with E-state index in [-0.39, 0.29) is 24.4 Å². The molecule has 0 saturated carbocycles. The fourth-order valence-electron chi connectivity index (χ4n) is 2.07. The van der Waals surface area contributed by atoms with Crippen LogP contribution in [0.5, 0.6) is 0 Å². The van der Waals surface area contributed by atoms with Crippen LogP contribution >= 0.6 is 12.4 Å².